The van der Waals surface area contributed by atoms with E-state index in [4.69, 9.17) is 0 Å². The lowest BCUT2D eigenvalue weighted by molar-refractivity contribution is -0.384. The molecule has 0 atom stereocenters. The number of nitrogens with zero attached hydrogens (tertiary/aromatic N) is 1. The van der Waals surface area contributed by atoms with Crippen molar-refractivity contribution in [1.82, 2.24) is 4.98 Å². The quantitative estimate of drug-likeness (QED) is 0.486. The Balaban J connectivity index is 2.64. The summed E-state index contributed by atoms with van der Waals surface area (Å²) in [5.41, 5.74) is 1.32. The van der Waals surface area contributed by atoms with Gasteiger partial charge in [0, 0.05) is 17.8 Å². The molecule has 0 fully saturated rings. The van der Waals surface area contributed by atoms with Crippen LogP contribution in [0.2, 0.25) is 0 Å². The van der Waals surface area contributed by atoms with Crippen LogP contribution >= 0.6 is 0 Å². The second-order valence-electron chi connectivity index (χ2n) is 3.20. The number of carbonyl (C=O) groups is 1. The summed E-state index contributed by atoms with van der Waals surface area (Å²) in [6.45, 7) is 0. The highest BCUT2D eigenvalue weighted by atomic mass is 16.6. The Morgan fingerprint density at radius 1 is 1.19 bits per heavy atom. The van der Waals surface area contributed by atoms with E-state index in [-0.39, 0.29) is 5.69 Å². The summed E-state index contributed by atoms with van der Waals surface area (Å²) in [7, 11) is 0. The molecule has 0 radical (unpaired) electrons. The first-order valence-electron chi connectivity index (χ1n) is 4.60. The van der Waals surface area contributed by atoms with Crippen LogP contribution in [0.3, 0.4) is 0 Å². The molecule has 80 valence electrons. The lowest BCUT2D eigenvalue weighted by Crippen LogP contribution is -1.92. The van der Waals surface area contributed by atoms with Crippen molar-refractivity contribution >= 4 is 12.0 Å². The number of hydrogen-bond donors (Lipinski definition) is 1. The lowest BCUT2D eigenvalue weighted by atomic mass is 10.0. The Hall–Kier alpha value is -2.43. The largest absolute Gasteiger partial charge is 0.359 e. The molecule has 0 aliphatic rings. The van der Waals surface area contributed by atoms with Crippen LogP contribution < -0.4 is 0 Å². The van der Waals surface area contributed by atoms with Crippen molar-refractivity contribution in [3.8, 4) is 11.1 Å². The summed E-state index contributed by atoms with van der Waals surface area (Å²) in [5.74, 6) is 0. The van der Waals surface area contributed by atoms with Crippen molar-refractivity contribution in [2.45, 2.75) is 0 Å². The molecule has 0 unspecified atom stereocenters. The number of nitro benzene ring substituents is 1. The van der Waals surface area contributed by atoms with Crippen molar-refractivity contribution in [2.75, 3.05) is 0 Å². The molecule has 0 bridgehead atoms. The Morgan fingerprint density at radius 3 is 2.62 bits per heavy atom. The predicted octanol–water partition coefficient (Wildman–Crippen LogP) is 2.40. The molecule has 16 heavy (non-hydrogen) atoms. The maximum Gasteiger partial charge on any atom is 0.277 e. The van der Waals surface area contributed by atoms with E-state index in [1.165, 1.54) is 6.07 Å². The molecule has 1 N–H and O–H groups in total. The van der Waals surface area contributed by atoms with Gasteiger partial charge >= 0.3 is 0 Å². The van der Waals surface area contributed by atoms with Crippen LogP contribution in [0.1, 0.15) is 10.5 Å². The number of carbonyl (C=O) groups excluding carboxylic acids is 1. The van der Waals surface area contributed by atoms with Gasteiger partial charge in [-0.1, -0.05) is 12.1 Å². The fourth-order valence-electron chi connectivity index (χ4n) is 1.58. The van der Waals surface area contributed by atoms with Crippen molar-refractivity contribution in [1.29, 1.82) is 0 Å². The van der Waals surface area contributed by atoms with Gasteiger partial charge in [-0.25, -0.2) is 0 Å². The molecule has 0 aliphatic carbocycles. The number of rotatable bonds is 3. The van der Waals surface area contributed by atoms with Gasteiger partial charge in [-0.3, -0.25) is 14.9 Å². The minimum atomic E-state index is -0.461. The summed E-state index contributed by atoms with van der Waals surface area (Å²) in [6.07, 6.45) is 2.22. The number of H-pyrrole nitrogens is 1. The number of aromatic amines is 1. The van der Waals surface area contributed by atoms with Gasteiger partial charge in [0.15, 0.2) is 6.29 Å². The predicted molar refractivity (Wildman–Crippen MR) is 58.3 cm³/mol. The monoisotopic (exact) mass is 216 g/mol. The molecule has 5 heteroatoms. The number of nitrogens with one attached hydrogen (secondary N) is 1. The first-order chi connectivity index (χ1) is 7.74. The number of para-hydroxylation sites is 1. The summed E-state index contributed by atoms with van der Waals surface area (Å²) < 4.78 is 0. The van der Waals surface area contributed by atoms with Crippen LogP contribution in [0.4, 0.5) is 5.69 Å². The van der Waals surface area contributed by atoms with Crippen molar-refractivity contribution in [2.24, 2.45) is 0 Å². The normalized spacial score (nSPS) is 10.0. The van der Waals surface area contributed by atoms with E-state index < -0.39 is 4.92 Å². The van der Waals surface area contributed by atoms with Crippen molar-refractivity contribution in [3.05, 3.63) is 52.3 Å². The highest BCUT2D eigenvalue weighted by Gasteiger charge is 2.16. The van der Waals surface area contributed by atoms with E-state index in [1.54, 1.807) is 30.5 Å². The average molecular weight is 216 g/mol. The number of nitro groups is 1. The number of hydrogen-bond acceptors (Lipinski definition) is 3. The zero-order valence-corrected chi connectivity index (χ0v) is 8.21. The minimum absolute atomic E-state index is 0.00907. The summed E-state index contributed by atoms with van der Waals surface area (Å²) in [6, 6.07) is 7.97. The highest BCUT2D eigenvalue weighted by molar-refractivity contribution is 5.88. The number of benzene rings is 1. The third kappa shape index (κ3) is 1.58. The summed E-state index contributed by atoms with van der Waals surface area (Å²) in [4.78, 5) is 23.8. The van der Waals surface area contributed by atoms with Gasteiger partial charge in [0.1, 0.15) is 0 Å². The molecule has 2 aromatic rings. The second-order valence-corrected chi connectivity index (χ2v) is 3.20. The minimum Gasteiger partial charge on any atom is -0.359 e. The Labute approximate surface area is 90.9 Å². The van der Waals surface area contributed by atoms with Gasteiger partial charge in [-0.2, -0.15) is 0 Å². The number of aldehydes is 1. The van der Waals surface area contributed by atoms with E-state index in [9.17, 15) is 14.9 Å². The highest BCUT2D eigenvalue weighted by Crippen LogP contribution is 2.30. The lowest BCUT2D eigenvalue weighted by Gasteiger charge is -2.00. The molecule has 2 rings (SSSR count). The second kappa shape index (κ2) is 3.98. The van der Waals surface area contributed by atoms with Gasteiger partial charge in [0.25, 0.3) is 5.69 Å². The molecule has 5 nitrogen and oxygen atoms in total. The molecule has 0 spiro atoms. The maximum atomic E-state index is 10.8. The van der Waals surface area contributed by atoms with E-state index in [0.29, 0.717) is 23.1 Å². The third-order valence-electron chi connectivity index (χ3n) is 2.29. The van der Waals surface area contributed by atoms with Gasteiger partial charge in [0.2, 0.25) is 0 Å². The van der Waals surface area contributed by atoms with Crippen molar-refractivity contribution < 1.29 is 9.72 Å². The molecule has 1 heterocycles. The van der Waals surface area contributed by atoms with Gasteiger partial charge in [0.05, 0.1) is 16.2 Å². The van der Waals surface area contributed by atoms with Crippen LogP contribution in [0.15, 0.2) is 36.5 Å². The zero-order chi connectivity index (χ0) is 11.5. The van der Waals surface area contributed by atoms with E-state index in [1.807, 2.05) is 0 Å². The molecular formula is C11H8N2O3. The Kier molecular flexibility index (Phi) is 2.51. The summed E-state index contributed by atoms with van der Waals surface area (Å²) >= 11 is 0. The fraction of sp³-hybridized carbons (Fsp3) is 0. The Morgan fingerprint density at radius 2 is 1.94 bits per heavy atom. The average Bonchev–Trinajstić information content (AvgIpc) is 2.76. The van der Waals surface area contributed by atoms with Crippen molar-refractivity contribution in [3.63, 3.8) is 0 Å². The van der Waals surface area contributed by atoms with Crippen LogP contribution in [0.25, 0.3) is 11.1 Å². The number of aromatic nitrogens is 1. The van der Waals surface area contributed by atoms with Crippen LogP contribution in [0, 0.1) is 10.1 Å². The van der Waals surface area contributed by atoms with Crippen LogP contribution in [-0.2, 0) is 0 Å². The van der Waals surface area contributed by atoms with Gasteiger partial charge in [-0.15, -0.1) is 0 Å². The van der Waals surface area contributed by atoms with Crippen LogP contribution in [0.5, 0.6) is 0 Å². The first kappa shape index (κ1) is 10.1. The topological polar surface area (TPSA) is 76.0 Å². The van der Waals surface area contributed by atoms with Gasteiger partial charge in [-0.05, 0) is 12.1 Å². The zero-order valence-electron chi connectivity index (χ0n) is 8.21. The first-order valence-corrected chi connectivity index (χ1v) is 4.60. The molecule has 0 amide bonds. The molecule has 1 aromatic heterocycles. The smallest absolute Gasteiger partial charge is 0.277 e. The molecule has 0 saturated heterocycles. The Bertz CT molecular complexity index is 546. The van der Waals surface area contributed by atoms with E-state index >= 15 is 0 Å². The summed E-state index contributed by atoms with van der Waals surface area (Å²) in [5, 5.41) is 10.8. The van der Waals surface area contributed by atoms with E-state index in [0.717, 1.165) is 0 Å². The van der Waals surface area contributed by atoms with E-state index in [2.05, 4.69) is 4.98 Å². The standard InChI is InChI=1S/C11H8N2O3/c14-7-10-8(5-6-12-10)9-3-1-2-4-11(9)13(15)16/h1-7,12H. The third-order valence-corrected chi connectivity index (χ3v) is 2.29. The maximum absolute atomic E-state index is 10.8. The molecule has 0 saturated carbocycles. The molecule has 1 aromatic carbocycles. The van der Waals surface area contributed by atoms with Gasteiger partial charge < -0.3 is 4.98 Å². The molecular weight excluding hydrogens is 208 g/mol. The molecule has 0 aliphatic heterocycles. The fourth-order valence-corrected chi connectivity index (χ4v) is 1.58. The van der Waals surface area contributed by atoms with Crippen LogP contribution in [-0.4, -0.2) is 16.2 Å². The SMILES string of the molecule is O=Cc1[nH]ccc1-c1ccccc1[N+](=O)[O-].